The summed E-state index contributed by atoms with van der Waals surface area (Å²) >= 11 is 3.25. The highest BCUT2D eigenvalue weighted by molar-refractivity contribution is 9.10. The summed E-state index contributed by atoms with van der Waals surface area (Å²) in [6.45, 7) is 0.288. The third-order valence-corrected chi connectivity index (χ3v) is 3.50. The predicted octanol–water partition coefficient (Wildman–Crippen LogP) is 3.61. The van der Waals surface area contributed by atoms with Crippen LogP contribution < -0.4 is 5.32 Å². The van der Waals surface area contributed by atoms with E-state index in [1.54, 1.807) is 30.3 Å². The van der Waals surface area contributed by atoms with Crippen molar-refractivity contribution < 1.29 is 9.50 Å². The fraction of sp³-hybridized carbons (Fsp3) is 0.133. The van der Waals surface area contributed by atoms with Crippen LogP contribution >= 0.6 is 15.9 Å². The molecule has 0 aromatic heterocycles. The lowest BCUT2D eigenvalue weighted by molar-refractivity contribution is 0.191. The summed E-state index contributed by atoms with van der Waals surface area (Å²) in [5, 5.41) is 21.8. The molecule has 2 rings (SSSR count). The maximum Gasteiger partial charge on any atom is 0.124 e. The third-order valence-electron chi connectivity index (χ3n) is 2.84. The van der Waals surface area contributed by atoms with Gasteiger partial charge in [0.2, 0.25) is 0 Å². The molecule has 20 heavy (non-hydrogen) atoms. The summed E-state index contributed by atoms with van der Waals surface area (Å²) in [5.74, 6) is -0.324. The highest BCUT2D eigenvalue weighted by atomic mass is 79.9. The number of hydrogen-bond acceptors (Lipinski definition) is 3. The first-order valence-electron chi connectivity index (χ1n) is 5.97. The number of hydrogen-bond donors (Lipinski definition) is 2. The monoisotopic (exact) mass is 334 g/mol. The molecule has 0 bridgehead atoms. The van der Waals surface area contributed by atoms with Gasteiger partial charge in [0.05, 0.1) is 17.7 Å². The van der Waals surface area contributed by atoms with E-state index >= 15 is 0 Å². The minimum Gasteiger partial charge on any atom is -0.387 e. The summed E-state index contributed by atoms with van der Waals surface area (Å²) in [7, 11) is 0. The van der Waals surface area contributed by atoms with Crippen LogP contribution in [0.15, 0.2) is 46.9 Å². The molecule has 0 radical (unpaired) electrons. The highest BCUT2D eigenvalue weighted by Gasteiger charge is 2.08. The number of anilines is 1. The lowest BCUT2D eigenvalue weighted by atomic mass is 10.1. The Kier molecular flexibility index (Phi) is 4.72. The Morgan fingerprint density at radius 1 is 1.25 bits per heavy atom. The van der Waals surface area contributed by atoms with Crippen LogP contribution in [-0.4, -0.2) is 11.7 Å². The number of benzene rings is 2. The number of nitrogens with one attached hydrogen (secondary N) is 1. The van der Waals surface area contributed by atoms with Gasteiger partial charge in [-0.1, -0.05) is 12.1 Å². The van der Waals surface area contributed by atoms with Gasteiger partial charge in [0.25, 0.3) is 0 Å². The second-order valence-electron chi connectivity index (χ2n) is 4.25. The van der Waals surface area contributed by atoms with Gasteiger partial charge in [-0.3, -0.25) is 0 Å². The number of aliphatic hydroxyl groups is 1. The van der Waals surface area contributed by atoms with Crippen LogP contribution in [-0.2, 0) is 0 Å². The normalized spacial score (nSPS) is 11.7. The van der Waals surface area contributed by atoms with E-state index in [-0.39, 0.29) is 12.4 Å². The molecule has 0 saturated heterocycles. The Hall–Kier alpha value is -1.90. The molecule has 0 saturated carbocycles. The van der Waals surface area contributed by atoms with Crippen LogP contribution in [0.5, 0.6) is 0 Å². The quantitative estimate of drug-likeness (QED) is 0.898. The molecule has 0 aliphatic rings. The molecular formula is C15H12BrFN2O. The van der Waals surface area contributed by atoms with E-state index in [1.165, 1.54) is 12.1 Å². The molecule has 1 atom stereocenters. The van der Waals surface area contributed by atoms with Crippen LogP contribution in [0.1, 0.15) is 17.2 Å². The van der Waals surface area contributed by atoms with E-state index in [1.807, 2.05) is 6.07 Å². The van der Waals surface area contributed by atoms with Gasteiger partial charge in [-0.25, -0.2) is 4.39 Å². The van der Waals surface area contributed by atoms with Gasteiger partial charge < -0.3 is 10.4 Å². The van der Waals surface area contributed by atoms with Crippen molar-refractivity contribution in [1.29, 1.82) is 5.26 Å². The van der Waals surface area contributed by atoms with Gasteiger partial charge in [-0.15, -0.1) is 0 Å². The number of halogens is 2. The SMILES string of the molecule is N#Cc1ccc(C(O)CNc2ccc(F)cc2Br)cc1. The largest absolute Gasteiger partial charge is 0.387 e. The lowest BCUT2D eigenvalue weighted by Crippen LogP contribution is -2.12. The Balaban J connectivity index is 2.00. The van der Waals surface area contributed by atoms with E-state index in [2.05, 4.69) is 21.2 Å². The summed E-state index contributed by atoms with van der Waals surface area (Å²) in [5.41, 5.74) is 1.98. The predicted molar refractivity (Wildman–Crippen MR) is 78.7 cm³/mol. The van der Waals surface area contributed by atoms with Crippen LogP contribution in [0.4, 0.5) is 10.1 Å². The maximum absolute atomic E-state index is 12.9. The fourth-order valence-corrected chi connectivity index (χ4v) is 2.23. The van der Waals surface area contributed by atoms with Crippen molar-refractivity contribution in [2.45, 2.75) is 6.10 Å². The van der Waals surface area contributed by atoms with Crippen LogP contribution in [0.2, 0.25) is 0 Å². The number of rotatable bonds is 4. The highest BCUT2D eigenvalue weighted by Crippen LogP contribution is 2.24. The summed E-state index contributed by atoms with van der Waals surface area (Å²) in [6.07, 6.45) is -0.709. The molecule has 102 valence electrons. The van der Waals surface area contributed by atoms with Crippen LogP contribution in [0.3, 0.4) is 0 Å². The van der Waals surface area contributed by atoms with Gasteiger partial charge in [0.1, 0.15) is 5.82 Å². The average molecular weight is 335 g/mol. The van der Waals surface area contributed by atoms with Crippen molar-refractivity contribution in [1.82, 2.24) is 0 Å². The molecule has 0 aliphatic heterocycles. The van der Waals surface area contributed by atoms with Gasteiger partial charge in [0, 0.05) is 16.7 Å². The molecule has 2 aromatic rings. The number of nitrogens with zero attached hydrogens (tertiary/aromatic N) is 1. The standard InChI is InChI=1S/C15H12BrFN2O/c16-13-7-12(17)5-6-14(13)19-9-15(20)11-3-1-10(8-18)2-4-11/h1-7,15,19-20H,9H2. The molecular weight excluding hydrogens is 323 g/mol. The van der Waals surface area contributed by atoms with Gasteiger partial charge >= 0.3 is 0 Å². The van der Waals surface area contributed by atoms with Crippen LogP contribution in [0.25, 0.3) is 0 Å². The number of aliphatic hydroxyl groups excluding tert-OH is 1. The van der Waals surface area contributed by atoms with E-state index in [0.717, 1.165) is 5.56 Å². The van der Waals surface area contributed by atoms with Crippen LogP contribution in [0, 0.1) is 17.1 Å². The molecule has 3 nitrogen and oxygen atoms in total. The molecule has 0 fully saturated rings. The Labute approximate surface area is 124 Å². The van der Waals surface area contributed by atoms with E-state index < -0.39 is 6.10 Å². The zero-order chi connectivity index (χ0) is 14.5. The minimum atomic E-state index is -0.709. The topological polar surface area (TPSA) is 56.0 Å². The third kappa shape index (κ3) is 3.56. The molecule has 0 spiro atoms. The van der Waals surface area contributed by atoms with Crippen molar-refractivity contribution in [3.05, 3.63) is 63.9 Å². The zero-order valence-corrected chi connectivity index (χ0v) is 12.1. The van der Waals surface area contributed by atoms with Crippen molar-refractivity contribution in [2.75, 3.05) is 11.9 Å². The molecule has 1 unspecified atom stereocenters. The molecule has 0 heterocycles. The Morgan fingerprint density at radius 3 is 2.55 bits per heavy atom. The summed E-state index contributed by atoms with van der Waals surface area (Å²) < 4.78 is 13.6. The zero-order valence-electron chi connectivity index (χ0n) is 10.5. The Morgan fingerprint density at radius 2 is 1.95 bits per heavy atom. The van der Waals surface area contributed by atoms with Gasteiger partial charge in [-0.2, -0.15) is 5.26 Å². The van der Waals surface area contributed by atoms with E-state index in [0.29, 0.717) is 15.7 Å². The van der Waals surface area contributed by atoms with Crippen molar-refractivity contribution >= 4 is 21.6 Å². The number of nitriles is 1. The molecule has 5 heteroatoms. The minimum absolute atomic E-state index is 0.288. The maximum atomic E-state index is 12.9. The second-order valence-corrected chi connectivity index (χ2v) is 5.11. The molecule has 2 aromatic carbocycles. The smallest absolute Gasteiger partial charge is 0.124 e. The lowest BCUT2D eigenvalue weighted by Gasteiger charge is -2.14. The van der Waals surface area contributed by atoms with E-state index in [9.17, 15) is 9.50 Å². The second kappa shape index (κ2) is 6.51. The fourth-order valence-electron chi connectivity index (χ4n) is 1.74. The molecule has 0 amide bonds. The molecule has 0 aliphatic carbocycles. The summed E-state index contributed by atoms with van der Waals surface area (Å²) in [6, 6.07) is 13.1. The Bertz CT molecular complexity index is 637. The first kappa shape index (κ1) is 14.5. The van der Waals surface area contributed by atoms with Crippen molar-refractivity contribution in [2.24, 2.45) is 0 Å². The summed E-state index contributed by atoms with van der Waals surface area (Å²) in [4.78, 5) is 0. The first-order chi connectivity index (χ1) is 9.60. The first-order valence-corrected chi connectivity index (χ1v) is 6.76. The van der Waals surface area contributed by atoms with Crippen molar-refractivity contribution in [3.8, 4) is 6.07 Å². The average Bonchev–Trinajstić information content (AvgIpc) is 2.46. The van der Waals surface area contributed by atoms with Crippen molar-refractivity contribution in [3.63, 3.8) is 0 Å². The van der Waals surface area contributed by atoms with Gasteiger partial charge in [0.15, 0.2) is 0 Å². The van der Waals surface area contributed by atoms with Gasteiger partial charge in [-0.05, 0) is 51.8 Å². The van der Waals surface area contributed by atoms with E-state index in [4.69, 9.17) is 5.26 Å². The molecule has 2 N–H and O–H groups in total.